The molecule has 0 radical (unpaired) electrons. The molecule has 7 heteroatoms. The number of hydrogen-bond acceptors (Lipinski definition) is 6. The van der Waals surface area contributed by atoms with E-state index in [1.165, 1.54) is 19.4 Å². The van der Waals surface area contributed by atoms with Gasteiger partial charge < -0.3 is 19.9 Å². The van der Waals surface area contributed by atoms with E-state index < -0.39 is 5.97 Å². The fourth-order valence-corrected chi connectivity index (χ4v) is 1.90. The number of allylic oxidation sites excluding steroid dienone is 1. The SMILES string of the molecule is C=CCCC(C)OC(=O)CNC(=S)c1nccc(OC)c1O. The third-order valence-electron chi connectivity index (χ3n) is 2.83. The number of aromatic hydroxyl groups is 1. The van der Waals surface area contributed by atoms with Gasteiger partial charge in [-0.2, -0.15) is 0 Å². The van der Waals surface area contributed by atoms with Crippen LogP contribution in [0, 0.1) is 0 Å². The maximum absolute atomic E-state index is 11.7. The molecule has 0 aliphatic carbocycles. The summed E-state index contributed by atoms with van der Waals surface area (Å²) in [6, 6.07) is 1.51. The van der Waals surface area contributed by atoms with Crippen LogP contribution in [-0.2, 0) is 9.53 Å². The van der Waals surface area contributed by atoms with Crippen LogP contribution in [-0.4, -0.2) is 40.8 Å². The van der Waals surface area contributed by atoms with Crippen LogP contribution in [0.5, 0.6) is 11.5 Å². The Labute approximate surface area is 135 Å². The van der Waals surface area contributed by atoms with Crippen molar-refractivity contribution in [2.24, 2.45) is 0 Å². The van der Waals surface area contributed by atoms with Gasteiger partial charge in [-0.05, 0) is 19.8 Å². The van der Waals surface area contributed by atoms with Crippen molar-refractivity contribution in [2.75, 3.05) is 13.7 Å². The van der Waals surface area contributed by atoms with Crippen LogP contribution in [0.25, 0.3) is 0 Å². The molecule has 1 unspecified atom stereocenters. The van der Waals surface area contributed by atoms with Crippen LogP contribution in [0.15, 0.2) is 24.9 Å². The van der Waals surface area contributed by atoms with E-state index in [1.54, 1.807) is 6.08 Å². The molecule has 0 fully saturated rings. The molecule has 1 heterocycles. The summed E-state index contributed by atoms with van der Waals surface area (Å²) in [5, 5.41) is 12.6. The zero-order valence-corrected chi connectivity index (χ0v) is 13.5. The van der Waals surface area contributed by atoms with Crippen LogP contribution in [0.1, 0.15) is 25.5 Å². The predicted octanol–water partition coefficient (Wildman–Crippen LogP) is 1.96. The first-order chi connectivity index (χ1) is 10.5. The van der Waals surface area contributed by atoms with E-state index in [0.717, 1.165) is 12.8 Å². The van der Waals surface area contributed by atoms with Gasteiger partial charge in [-0.25, -0.2) is 4.98 Å². The number of nitrogens with one attached hydrogen (secondary N) is 1. The molecule has 120 valence electrons. The number of carbonyl (C=O) groups is 1. The highest BCUT2D eigenvalue weighted by Gasteiger charge is 2.15. The highest BCUT2D eigenvalue weighted by Crippen LogP contribution is 2.27. The zero-order valence-electron chi connectivity index (χ0n) is 12.7. The molecule has 0 bridgehead atoms. The van der Waals surface area contributed by atoms with Crippen LogP contribution in [0.4, 0.5) is 0 Å². The third kappa shape index (κ3) is 5.33. The van der Waals surface area contributed by atoms with Crippen LogP contribution >= 0.6 is 12.2 Å². The molecular formula is C15H20N2O4S. The number of aromatic nitrogens is 1. The lowest BCUT2D eigenvalue weighted by atomic mass is 10.2. The molecule has 0 spiro atoms. The molecular weight excluding hydrogens is 304 g/mol. The van der Waals surface area contributed by atoms with Crippen molar-refractivity contribution < 1.29 is 19.4 Å². The molecule has 0 amide bonds. The number of methoxy groups -OCH3 is 1. The fourth-order valence-electron chi connectivity index (χ4n) is 1.68. The minimum absolute atomic E-state index is 0.102. The normalized spacial score (nSPS) is 11.4. The first kappa shape index (κ1) is 17.9. The second-order valence-electron chi connectivity index (χ2n) is 4.56. The van der Waals surface area contributed by atoms with Crippen LogP contribution < -0.4 is 10.1 Å². The Morgan fingerprint density at radius 1 is 1.64 bits per heavy atom. The summed E-state index contributed by atoms with van der Waals surface area (Å²) in [5.41, 5.74) is 0.154. The van der Waals surface area contributed by atoms with E-state index in [-0.39, 0.29) is 34.8 Å². The molecule has 0 saturated carbocycles. The molecule has 1 aromatic heterocycles. The molecule has 1 rings (SSSR count). The number of rotatable bonds is 8. The van der Waals surface area contributed by atoms with Gasteiger partial charge in [0.05, 0.1) is 13.2 Å². The van der Waals surface area contributed by atoms with Gasteiger partial charge in [0.25, 0.3) is 0 Å². The highest BCUT2D eigenvalue weighted by atomic mass is 32.1. The summed E-state index contributed by atoms with van der Waals surface area (Å²) >= 11 is 5.11. The standard InChI is InChI=1S/C15H20N2O4S/c1-4-5-6-10(2)21-12(18)9-17-15(22)13-14(19)11(20-3)7-8-16-13/h4,7-8,10,19H,1,5-6,9H2,2-3H3,(H,17,22). The van der Waals surface area contributed by atoms with Gasteiger partial charge in [0.15, 0.2) is 11.5 Å². The van der Waals surface area contributed by atoms with Crippen molar-refractivity contribution in [1.29, 1.82) is 0 Å². The summed E-state index contributed by atoms with van der Waals surface area (Å²) < 4.78 is 10.2. The second kappa shape index (κ2) is 8.99. The topological polar surface area (TPSA) is 80.7 Å². The molecule has 0 saturated heterocycles. The van der Waals surface area contributed by atoms with E-state index in [4.69, 9.17) is 21.7 Å². The van der Waals surface area contributed by atoms with E-state index in [9.17, 15) is 9.90 Å². The Morgan fingerprint density at radius 3 is 3.00 bits per heavy atom. The summed E-state index contributed by atoms with van der Waals surface area (Å²) in [7, 11) is 1.43. The van der Waals surface area contributed by atoms with Gasteiger partial charge >= 0.3 is 5.97 Å². The number of thiocarbonyl (C=S) groups is 1. The maximum Gasteiger partial charge on any atom is 0.325 e. The van der Waals surface area contributed by atoms with Gasteiger partial charge in [-0.15, -0.1) is 6.58 Å². The van der Waals surface area contributed by atoms with E-state index in [0.29, 0.717) is 0 Å². The fraction of sp³-hybridized carbons (Fsp3) is 0.400. The smallest absolute Gasteiger partial charge is 0.325 e. The first-order valence-corrected chi connectivity index (χ1v) is 7.21. The Balaban J connectivity index is 2.52. The number of hydrogen-bond donors (Lipinski definition) is 2. The van der Waals surface area contributed by atoms with Crippen molar-refractivity contribution in [3.8, 4) is 11.5 Å². The quantitative estimate of drug-likeness (QED) is 0.430. The molecule has 1 atom stereocenters. The van der Waals surface area contributed by atoms with Gasteiger partial charge in [0.2, 0.25) is 0 Å². The molecule has 0 aliphatic heterocycles. The monoisotopic (exact) mass is 324 g/mol. The van der Waals surface area contributed by atoms with Gasteiger partial charge in [-0.3, -0.25) is 4.79 Å². The van der Waals surface area contributed by atoms with E-state index in [1.807, 2.05) is 6.92 Å². The van der Waals surface area contributed by atoms with Crippen LogP contribution in [0.2, 0.25) is 0 Å². The van der Waals surface area contributed by atoms with Crippen molar-refractivity contribution in [1.82, 2.24) is 10.3 Å². The maximum atomic E-state index is 11.7. The predicted molar refractivity (Wildman–Crippen MR) is 87.1 cm³/mol. The van der Waals surface area contributed by atoms with Crippen molar-refractivity contribution in [3.05, 3.63) is 30.6 Å². The summed E-state index contributed by atoms with van der Waals surface area (Å²) in [6.07, 6.45) is 4.54. The number of nitrogens with zero attached hydrogens (tertiary/aromatic N) is 1. The molecule has 22 heavy (non-hydrogen) atoms. The molecule has 6 nitrogen and oxygen atoms in total. The Hall–Kier alpha value is -2.15. The molecule has 1 aromatic rings. The Morgan fingerprint density at radius 2 is 2.36 bits per heavy atom. The minimum Gasteiger partial charge on any atom is -0.503 e. The van der Waals surface area contributed by atoms with Crippen molar-refractivity contribution in [3.63, 3.8) is 0 Å². The number of pyridine rings is 1. The van der Waals surface area contributed by atoms with Crippen LogP contribution in [0.3, 0.4) is 0 Å². The molecule has 2 N–H and O–H groups in total. The molecule has 0 aromatic carbocycles. The number of carbonyl (C=O) groups excluding carboxylic acids is 1. The van der Waals surface area contributed by atoms with Crippen molar-refractivity contribution >= 4 is 23.2 Å². The van der Waals surface area contributed by atoms with Gasteiger partial charge in [-0.1, -0.05) is 18.3 Å². The van der Waals surface area contributed by atoms with Crippen molar-refractivity contribution in [2.45, 2.75) is 25.9 Å². The average Bonchev–Trinajstić information content (AvgIpc) is 2.50. The minimum atomic E-state index is -0.429. The number of ether oxygens (including phenoxy) is 2. The summed E-state index contributed by atoms with van der Waals surface area (Å²) in [6.45, 7) is 5.33. The summed E-state index contributed by atoms with van der Waals surface area (Å²) in [5.74, 6) is -0.341. The first-order valence-electron chi connectivity index (χ1n) is 6.80. The third-order valence-corrected chi connectivity index (χ3v) is 3.16. The Bertz CT molecular complexity index is 548. The Kier molecular flexibility index (Phi) is 7.31. The second-order valence-corrected chi connectivity index (χ2v) is 4.97. The van der Waals surface area contributed by atoms with Gasteiger partial charge in [0.1, 0.15) is 17.2 Å². The largest absolute Gasteiger partial charge is 0.503 e. The lowest BCUT2D eigenvalue weighted by Crippen LogP contribution is -2.32. The van der Waals surface area contributed by atoms with E-state index >= 15 is 0 Å². The van der Waals surface area contributed by atoms with E-state index in [2.05, 4.69) is 16.9 Å². The lowest BCUT2D eigenvalue weighted by molar-refractivity contribution is -0.147. The van der Waals surface area contributed by atoms with Gasteiger partial charge in [0, 0.05) is 12.3 Å². The highest BCUT2D eigenvalue weighted by molar-refractivity contribution is 7.80. The number of esters is 1. The molecule has 0 aliphatic rings. The zero-order chi connectivity index (χ0) is 16.5. The lowest BCUT2D eigenvalue weighted by Gasteiger charge is -2.14. The summed E-state index contributed by atoms with van der Waals surface area (Å²) in [4.78, 5) is 15.8. The average molecular weight is 324 g/mol.